The van der Waals surface area contributed by atoms with Crippen LogP contribution in [-0.2, 0) is 23.0 Å². The minimum atomic E-state index is -1.13. The van der Waals surface area contributed by atoms with E-state index in [1.54, 1.807) is 23.1 Å². The van der Waals surface area contributed by atoms with Gasteiger partial charge in [0.1, 0.15) is 6.54 Å². The highest BCUT2D eigenvalue weighted by atomic mass is 19.2. The number of quaternary nitrogens is 1. The number of ether oxygens (including phenoxy) is 2. The maximum absolute atomic E-state index is 14.7. The Morgan fingerprint density at radius 2 is 1.65 bits per heavy atom. The highest BCUT2D eigenvalue weighted by molar-refractivity contribution is 6.03. The van der Waals surface area contributed by atoms with Gasteiger partial charge in [-0.15, -0.1) is 0 Å². The van der Waals surface area contributed by atoms with Gasteiger partial charge in [-0.05, 0) is 55.2 Å². The van der Waals surface area contributed by atoms with E-state index in [1.165, 1.54) is 37.1 Å². The second-order valence-corrected chi connectivity index (χ2v) is 12.6. The Balaban J connectivity index is 0.00000217. The molecule has 0 radical (unpaired) electrons. The van der Waals surface area contributed by atoms with E-state index in [2.05, 4.69) is 36.8 Å². The number of halogens is 2. The Labute approximate surface area is 301 Å². The van der Waals surface area contributed by atoms with E-state index in [1.807, 2.05) is 34.6 Å². The van der Waals surface area contributed by atoms with Crippen LogP contribution in [0.25, 0.3) is 11.3 Å². The molecule has 0 unspecified atom stereocenters. The number of hydrogen-bond acceptors (Lipinski definition) is 6. The van der Waals surface area contributed by atoms with Gasteiger partial charge >= 0.3 is 0 Å². The van der Waals surface area contributed by atoms with Gasteiger partial charge in [-0.3, -0.25) is 14.4 Å². The molecule has 0 aliphatic carbocycles. The maximum atomic E-state index is 14.7. The van der Waals surface area contributed by atoms with Gasteiger partial charge in [-0.25, -0.2) is 9.37 Å². The Morgan fingerprint density at radius 3 is 2.25 bits per heavy atom. The van der Waals surface area contributed by atoms with Crippen molar-refractivity contribution in [3.8, 4) is 17.0 Å². The van der Waals surface area contributed by atoms with E-state index < -0.39 is 17.5 Å². The molecule has 51 heavy (non-hydrogen) atoms. The van der Waals surface area contributed by atoms with Gasteiger partial charge in [0.05, 0.1) is 53.4 Å². The van der Waals surface area contributed by atoms with Crippen LogP contribution in [0.3, 0.4) is 0 Å². The molecule has 1 fully saturated rings. The predicted molar refractivity (Wildman–Crippen MR) is 197 cm³/mol. The van der Waals surface area contributed by atoms with E-state index in [0.29, 0.717) is 63.4 Å². The first-order chi connectivity index (χ1) is 24.3. The van der Waals surface area contributed by atoms with Gasteiger partial charge in [-0.1, -0.05) is 34.6 Å². The summed E-state index contributed by atoms with van der Waals surface area (Å²) in [6.07, 6.45) is 3.01. The summed E-state index contributed by atoms with van der Waals surface area (Å²) in [5.41, 5.74) is 1.91. The molecular weight excluding hydrogens is 658 g/mol. The number of anilines is 1. The number of carbonyl (C=O) groups is 3. The number of methoxy groups -OCH3 is 1. The van der Waals surface area contributed by atoms with Gasteiger partial charge in [0.25, 0.3) is 11.8 Å². The molecular formula is C38H57F2N6O5+. The second-order valence-electron chi connectivity index (χ2n) is 12.6. The third-order valence-corrected chi connectivity index (χ3v) is 8.31. The topological polar surface area (TPSA) is 115 Å². The summed E-state index contributed by atoms with van der Waals surface area (Å²) in [5.74, 6) is -3.30. The smallest absolute Gasteiger partial charge is 0.291 e. The molecule has 0 saturated carbocycles. The number of piperidine rings is 1. The highest BCUT2D eigenvalue weighted by Gasteiger charge is 2.29. The van der Waals surface area contributed by atoms with E-state index >= 15 is 0 Å². The van der Waals surface area contributed by atoms with Gasteiger partial charge in [0.2, 0.25) is 11.7 Å². The SMILES string of the molecule is CC.CC.CCc1cc(NC(=O)c2ncc(-c3ccc(OC)c(F)c3F)n2C)ccc1C(=O)N1CCC(C(=O)NCCOCC[N+](C)(C)C)CC1. The van der Waals surface area contributed by atoms with E-state index in [4.69, 9.17) is 9.47 Å². The number of hydrogen-bond donors (Lipinski definition) is 2. The zero-order chi connectivity index (χ0) is 38.3. The van der Waals surface area contributed by atoms with Crippen molar-refractivity contribution in [3.05, 3.63) is 65.1 Å². The number of carbonyl (C=O) groups excluding carboxylic acids is 3. The Morgan fingerprint density at radius 1 is 0.980 bits per heavy atom. The standard InChI is InChI=1S/C34H44F2N6O5.2C2H6/c1-7-22-20-24(39-33(44)31-38-21-27(40(31)2)26-10-11-28(46-6)30(36)29(26)35)8-9-25(22)34(45)41-15-12-23(13-16-41)32(43)37-14-18-47-19-17-42(3,4)5;2*1-2/h8-11,20-21,23H,7,12-19H2,1-6H3,(H-,37,39,43,44,45);2*1-2H3/p+1. The molecule has 3 aromatic rings. The van der Waals surface area contributed by atoms with Crippen LogP contribution in [0.5, 0.6) is 5.75 Å². The number of amides is 3. The van der Waals surface area contributed by atoms with Crippen molar-refractivity contribution in [1.82, 2.24) is 19.8 Å². The first-order valence-corrected chi connectivity index (χ1v) is 17.8. The van der Waals surface area contributed by atoms with Crippen molar-refractivity contribution < 1.29 is 37.1 Å². The number of benzene rings is 2. The van der Waals surface area contributed by atoms with Crippen LogP contribution in [0.15, 0.2) is 36.5 Å². The van der Waals surface area contributed by atoms with E-state index in [9.17, 15) is 23.2 Å². The fourth-order valence-electron chi connectivity index (χ4n) is 5.46. The number of aromatic nitrogens is 2. The van der Waals surface area contributed by atoms with Crippen molar-refractivity contribution in [2.45, 2.75) is 53.9 Å². The molecule has 1 saturated heterocycles. The largest absolute Gasteiger partial charge is 0.494 e. The first-order valence-electron chi connectivity index (χ1n) is 17.8. The van der Waals surface area contributed by atoms with Crippen LogP contribution in [-0.4, -0.2) is 104 Å². The highest BCUT2D eigenvalue weighted by Crippen LogP contribution is 2.30. The van der Waals surface area contributed by atoms with Gasteiger partial charge in [0.15, 0.2) is 17.4 Å². The van der Waals surface area contributed by atoms with Crippen LogP contribution < -0.4 is 15.4 Å². The summed E-state index contributed by atoms with van der Waals surface area (Å²) in [7, 11) is 9.08. The van der Waals surface area contributed by atoms with Gasteiger partial charge in [0, 0.05) is 49.4 Å². The van der Waals surface area contributed by atoms with Gasteiger partial charge < -0.3 is 34.1 Å². The van der Waals surface area contributed by atoms with Crippen molar-refractivity contribution in [2.75, 3.05) is 73.0 Å². The Bertz CT molecular complexity index is 1600. The average molecular weight is 716 g/mol. The molecule has 1 aromatic heterocycles. The van der Waals surface area contributed by atoms with E-state index in [0.717, 1.165) is 16.6 Å². The first kappa shape index (κ1) is 42.8. The molecule has 0 atom stereocenters. The monoisotopic (exact) mass is 715 g/mol. The van der Waals surface area contributed by atoms with Crippen LogP contribution >= 0.6 is 0 Å². The molecule has 2 heterocycles. The second kappa shape index (κ2) is 20.5. The molecule has 1 aliphatic heterocycles. The molecule has 2 N–H and O–H groups in total. The van der Waals surface area contributed by atoms with Crippen molar-refractivity contribution in [1.29, 1.82) is 0 Å². The average Bonchev–Trinajstić information content (AvgIpc) is 3.52. The predicted octanol–water partition coefficient (Wildman–Crippen LogP) is 5.93. The number of nitrogens with one attached hydrogen (secondary N) is 2. The lowest BCUT2D eigenvalue weighted by molar-refractivity contribution is -0.870. The molecule has 3 amide bonds. The number of nitrogens with zero attached hydrogens (tertiary/aromatic N) is 4. The third-order valence-electron chi connectivity index (χ3n) is 8.31. The summed E-state index contributed by atoms with van der Waals surface area (Å²) < 4.78 is 41.7. The van der Waals surface area contributed by atoms with Gasteiger partial charge in [-0.2, -0.15) is 4.39 Å². The minimum absolute atomic E-state index is 0.00637. The number of likely N-dealkylation sites (tertiary alicyclic amines) is 1. The molecule has 0 bridgehead atoms. The molecule has 0 spiro atoms. The van der Waals surface area contributed by atoms with Crippen LogP contribution in [0.1, 0.15) is 74.0 Å². The van der Waals surface area contributed by atoms with Crippen molar-refractivity contribution in [2.24, 2.45) is 13.0 Å². The fraction of sp³-hybridized carbons (Fsp3) is 0.526. The van der Waals surface area contributed by atoms with Crippen LogP contribution in [0.4, 0.5) is 14.5 Å². The zero-order valence-corrected chi connectivity index (χ0v) is 32.0. The summed E-state index contributed by atoms with van der Waals surface area (Å²) in [5, 5.41) is 5.74. The Hall–Kier alpha value is -4.36. The summed E-state index contributed by atoms with van der Waals surface area (Å²) in [6, 6.07) is 7.75. The molecule has 13 heteroatoms. The fourth-order valence-corrected chi connectivity index (χ4v) is 5.46. The number of aryl methyl sites for hydroxylation is 1. The van der Waals surface area contributed by atoms with Crippen LogP contribution in [0, 0.1) is 17.6 Å². The molecule has 4 rings (SSSR count). The number of rotatable bonds is 13. The lowest BCUT2D eigenvalue weighted by Gasteiger charge is -2.32. The lowest BCUT2D eigenvalue weighted by atomic mass is 9.94. The molecule has 282 valence electrons. The summed E-state index contributed by atoms with van der Waals surface area (Å²) in [4.78, 5) is 45.2. The number of imidazole rings is 1. The number of likely N-dealkylation sites (N-methyl/N-ethyl adjacent to an activating group) is 1. The summed E-state index contributed by atoms with van der Waals surface area (Å²) in [6.45, 7) is 13.3. The van der Waals surface area contributed by atoms with E-state index in [-0.39, 0.29) is 40.6 Å². The van der Waals surface area contributed by atoms with Crippen molar-refractivity contribution in [3.63, 3.8) is 0 Å². The normalized spacial score (nSPS) is 13.0. The Kier molecular flexibility index (Phi) is 17.2. The molecule has 11 nitrogen and oxygen atoms in total. The van der Waals surface area contributed by atoms with Crippen LogP contribution in [0.2, 0.25) is 0 Å². The maximum Gasteiger partial charge on any atom is 0.291 e. The quantitative estimate of drug-likeness (QED) is 0.168. The molecule has 1 aliphatic rings. The lowest BCUT2D eigenvalue weighted by Crippen LogP contribution is -2.43. The zero-order valence-electron chi connectivity index (χ0n) is 32.0. The van der Waals surface area contributed by atoms with Crippen molar-refractivity contribution >= 4 is 23.4 Å². The third kappa shape index (κ3) is 11.6. The molecule has 2 aromatic carbocycles. The minimum Gasteiger partial charge on any atom is -0.494 e. The summed E-state index contributed by atoms with van der Waals surface area (Å²) >= 11 is 0.